The van der Waals surface area contributed by atoms with Crippen LogP contribution in [0.15, 0.2) is 30.3 Å². The smallest absolute Gasteiger partial charge is 0.239 e. The van der Waals surface area contributed by atoms with Crippen molar-refractivity contribution in [3.05, 3.63) is 35.9 Å². The van der Waals surface area contributed by atoms with E-state index in [2.05, 4.69) is 0 Å². The van der Waals surface area contributed by atoms with Gasteiger partial charge in [-0.1, -0.05) is 30.3 Å². The number of hydrogen-bond acceptors (Lipinski definition) is 3. The summed E-state index contributed by atoms with van der Waals surface area (Å²) in [5.41, 5.74) is 6.57. The second-order valence-electron chi connectivity index (χ2n) is 5.28. The number of nitrogens with two attached hydrogens (primary N) is 1. The zero-order chi connectivity index (χ0) is 13.8. The number of amides is 1. The third kappa shape index (κ3) is 3.33. The molecule has 1 heterocycles. The van der Waals surface area contributed by atoms with E-state index >= 15 is 0 Å². The van der Waals surface area contributed by atoms with Crippen LogP contribution < -0.4 is 5.73 Å². The zero-order valence-electron chi connectivity index (χ0n) is 11.3. The summed E-state index contributed by atoms with van der Waals surface area (Å²) in [4.78, 5) is 13.8. The lowest BCUT2D eigenvalue weighted by atomic mass is 10.0. The van der Waals surface area contributed by atoms with Crippen molar-refractivity contribution in [2.24, 2.45) is 5.73 Å². The van der Waals surface area contributed by atoms with Crippen LogP contribution in [0.3, 0.4) is 0 Å². The Morgan fingerprint density at radius 2 is 2.16 bits per heavy atom. The van der Waals surface area contributed by atoms with Gasteiger partial charge in [-0.05, 0) is 31.7 Å². The van der Waals surface area contributed by atoms with Gasteiger partial charge in [0.2, 0.25) is 5.91 Å². The van der Waals surface area contributed by atoms with Gasteiger partial charge in [-0.15, -0.1) is 0 Å². The molecule has 2 rings (SSSR count). The molecule has 4 nitrogen and oxygen atoms in total. The average Bonchev–Trinajstić information content (AvgIpc) is 2.86. The minimum atomic E-state index is -0.521. The number of hydrogen-bond donors (Lipinski definition) is 2. The predicted octanol–water partition coefficient (Wildman–Crippen LogP) is 1.45. The fraction of sp³-hybridized carbons (Fsp3) is 0.533. The van der Waals surface area contributed by atoms with E-state index < -0.39 is 12.1 Å². The standard InChI is InChI=1S/C15H22N2O2/c1-11(16)15(19)17-9-5-8-13(17)10-14(18)12-6-3-2-4-7-12/h2-4,6-7,11,13-14,18H,5,8-10,16H2,1H3. The quantitative estimate of drug-likeness (QED) is 0.863. The van der Waals surface area contributed by atoms with Gasteiger partial charge in [0, 0.05) is 12.6 Å². The van der Waals surface area contributed by atoms with Gasteiger partial charge in [-0.3, -0.25) is 4.79 Å². The van der Waals surface area contributed by atoms with Gasteiger partial charge in [0.15, 0.2) is 0 Å². The van der Waals surface area contributed by atoms with E-state index in [1.165, 1.54) is 0 Å². The molecule has 1 amide bonds. The molecule has 1 aliphatic rings. The van der Waals surface area contributed by atoms with Gasteiger partial charge in [0.05, 0.1) is 12.1 Å². The third-order valence-corrected chi connectivity index (χ3v) is 3.73. The molecule has 1 aromatic carbocycles. The van der Waals surface area contributed by atoms with E-state index in [1.54, 1.807) is 6.92 Å². The molecule has 3 N–H and O–H groups in total. The Morgan fingerprint density at radius 1 is 1.47 bits per heavy atom. The Morgan fingerprint density at radius 3 is 2.79 bits per heavy atom. The number of nitrogens with zero attached hydrogens (tertiary/aromatic N) is 1. The summed E-state index contributed by atoms with van der Waals surface area (Å²) < 4.78 is 0. The highest BCUT2D eigenvalue weighted by Crippen LogP contribution is 2.27. The number of carbonyl (C=O) groups is 1. The fourth-order valence-electron chi connectivity index (χ4n) is 2.70. The SMILES string of the molecule is CC(N)C(=O)N1CCCC1CC(O)c1ccccc1. The second-order valence-corrected chi connectivity index (χ2v) is 5.28. The molecular weight excluding hydrogens is 240 g/mol. The zero-order valence-corrected chi connectivity index (χ0v) is 11.3. The van der Waals surface area contributed by atoms with Crippen LogP contribution in [0, 0.1) is 0 Å². The van der Waals surface area contributed by atoms with E-state index in [-0.39, 0.29) is 11.9 Å². The number of likely N-dealkylation sites (tertiary alicyclic amines) is 1. The third-order valence-electron chi connectivity index (χ3n) is 3.73. The molecule has 1 saturated heterocycles. The lowest BCUT2D eigenvalue weighted by molar-refractivity contribution is -0.133. The van der Waals surface area contributed by atoms with Crippen LogP contribution in [0.1, 0.15) is 37.9 Å². The maximum atomic E-state index is 12.0. The minimum absolute atomic E-state index is 0.0113. The monoisotopic (exact) mass is 262 g/mol. The van der Waals surface area contributed by atoms with Gasteiger partial charge in [-0.25, -0.2) is 0 Å². The van der Waals surface area contributed by atoms with Gasteiger partial charge < -0.3 is 15.7 Å². The van der Waals surface area contributed by atoms with E-state index in [0.29, 0.717) is 6.42 Å². The lowest BCUT2D eigenvalue weighted by Gasteiger charge is -2.28. The van der Waals surface area contributed by atoms with Gasteiger partial charge in [0.1, 0.15) is 0 Å². The Bertz CT molecular complexity index is 419. The van der Waals surface area contributed by atoms with E-state index in [1.807, 2.05) is 35.2 Å². The summed E-state index contributed by atoms with van der Waals surface area (Å²) in [6, 6.07) is 9.23. The first kappa shape index (κ1) is 14.0. The molecule has 0 aliphatic carbocycles. The molecule has 104 valence electrons. The van der Waals surface area contributed by atoms with E-state index in [9.17, 15) is 9.90 Å². The average molecular weight is 262 g/mol. The van der Waals surface area contributed by atoms with Crippen LogP contribution in [-0.4, -0.2) is 34.5 Å². The largest absolute Gasteiger partial charge is 0.388 e. The fourth-order valence-corrected chi connectivity index (χ4v) is 2.70. The van der Waals surface area contributed by atoms with Gasteiger partial charge in [-0.2, -0.15) is 0 Å². The first-order valence-electron chi connectivity index (χ1n) is 6.88. The predicted molar refractivity (Wildman–Crippen MR) is 74.4 cm³/mol. The molecule has 3 atom stereocenters. The van der Waals surface area contributed by atoms with Crippen LogP contribution in [-0.2, 0) is 4.79 Å². The first-order valence-corrected chi connectivity index (χ1v) is 6.88. The summed E-state index contributed by atoms with van der Waals surface area (Å²) in [7, 11) is 0. The molecule has 0 saturated carbocycles. The summed E-state index contributed by atoms with van der Waals surface area (Å²) in [5.74, 6) is -0.0113. The van der Waals surface area contributed by atoms with Crippen LogP contribution in [0.25, 0.3) is 0 Å². The maximum absolute atomic E-state index is 12.0. The molecule has 1 aromatic rings. The first-order chi connectivity index (χ1) is 9.09. The minimum Gasteiger partial charge on any atom is -0.388 e. The van der Waals surface area contributed by atoms with Gasteiger partial charge >= 0.3 is 0 Å². The molecular formula is C15H22N2O2. The Hall–Kier alpha value is -1.39. The Labute approximate surface area is 114 Å². The van der Waals surface area contributed by atoms with Crippen molar-refractivity contribution in [1.82, 2.24) is 4.90 Å². The topological polar surface area (TPSA) is 66.6 Å². The maximum Gasteiger partial charge on any atom is 0.239 e. The highest BCUT2D eigenvalue weighted by atomic mass is 16.3. The summed E-state index contributed by atoms with van der Waals surface area (Å²) in [5, 5.41) is 10.2. The second kappa shape index (κ2) is 6.17. The van der Waals surface area contributed by atoms with Crippen molar-refractivity contribution in [3.63, 3.8) is 0 Å². The normalized spacial score (nSPS) is 22.3. The molecule has 1 aliphatic heterocycles. The molecule has 4 heteroatoms. The van der Waals surface area contributed by atoms with Crippen molar-refractivity contribution in [3.8, 4) is 0 Å². The molecule has 0 spiro atoms. The molecule has 0 radical (unpaired) electrons. The van der Waals surface area contributed by atoms with Crippen molar-refractivity contribution in [2.75, 3.05) is 6.54 Å². The van der Waals surface area contributed by atoms with E-state index in [0.717, 1.165) is 24.9 Å². The van der Waals surface area contributed by atoms with Crippen LogP contribution in [0.5, 0.6) is 0 Å². The lowest BCUT2D eigenvalue weighted by Crippen LogP contribution is -2.44. The molecule has 19 heavy (non-hydrogen) atoms. The van der Waals surface area contributed by atoms with E-state index in [4.69, 9.17) is 5.73 Å². The van der Waals surface area contributed by atoms with Crippen LogP contribution in [0.2, 0.25) is 0 Å². The molecule has 1 fully saturated rings. The summed E-state index contributed by atoms with van der Waals surface area (Å²) in [6.45, 7) is 2.47. The number of aliphatic hydroxyl groups is 1. The number of benzene rings is 1. The molecule has 0 aromatic heterocycles. The highest BCUT2D eigenvalue weighted by molar-refractivity contribution is 5.81. The molecule has 3 unspecified atom stereocenters. The van der Waals surface area contributed by atoms with Crippen molar-refractivity contribution < 1.29 is 9.90 Å². The van der Waals surface area contributed by atoms with Crippen LogP contribution >= 0.6 is 0 Å². The number of aliphatic hydroxyl groups excluding tert-OH is 1. The summed E-state index contributed by atoms with van der Waals surface area (Å²) >= 11 is 0. The van der Waals surface area contributed by atoms with Crippen molar-refractivity contribution in [2.45, 2.75) is 44.4 Å². The Kier molecular flexibility index (Phi) is 4.56. The van der Waals surface area contributed by atoms with Crippen molar-refractivity contribution >= 4 is 5.91 Å². The number of rotatable bonds is 4. The van der Waals surface area contributed by atoms with Gasteiger partial charge in [0.25, 0.3) is 0 Å². The Balaban J connectivity index is 2.00. The van der Waals surface area contributed by atoms with Crippen LogP contribution in [0.4, 0.5) is 0 Å². The van der Waals surface area contributed by atoms with Crippen molar-refractivity contribution in [1.29, 1.82) is 0 Å². The molecule has 0 bridgehead atoms. The number of carbonyl (C=O) groups excluding carboxylic acids is 1. The summed E-state index contributed by atoms with van der Waals surface area (Å²) in [6.07, 6.45) is 2.00. The highest BCUT2D eigenvalue weighted by Gasteiger charge is 2.31.